The molecule has 29 heavy (non-hydrogen) atoms. The van der Waals surface area contributed by atoms with Crippen LogP contribution in [0, 0.1) is 5.82 Å². The van der Waals surface area contributed by atoms with Crippen LogP contribution in [0.25, 0.3) is 0 Å². The second kappa shape index (κ2) is 10.1. The van der Waals surface area contributed by atoms with Crippen LogP contribution in [0.5, 0.6) is 0 Å². The normalized spacial score (nSPS) is 16.1. The maximum atomic E-state index is 13.2. The molecule has 0 N–H and O–H groups in total. The molecule has 1 amide bonds. The lowest BCUT2D eigenvalue weighted by molar-refractivity contribution is -0.0118. The van der Waals surface area contributed by atoms with Crippen LogP contribution in [0.15, 0.2) is 23.1 Å². The minimum atomic E-state index is -3.50. The lowest BCUT2D eigenvalue weighted by atomic mass is 10.1. The quantitative estimate of drug-likeness (QED) is 0.454. The molecular weight excluding hydrogens is 421 g/mol. The number of halogens is 2. The van der Waals surface area contributed by atoms with E-state index in [1.54, 1.807) is 4.90 Å². The van der Waals surface area contributed by atoms with Crippen LogP contribution in [0.2, 0.25) is 5.02 Å². The number of rotatable bonds is 7. The number of piperidine rings is 1. The van der Waals surface area contributed by atoms with Gasteiger partial charge in [0.1, 0.15) is 11.4 Å². The van der Waals surface area contributed by atoms with E-state index in [0.717, 1.165) is 25.0 Å². The number of amides is 1. The number of hydrogen-bond acceptors (Lipinski definition) is 5. The first-order chi connectivity index (χ1) is 13.5. The fourth-order valence-electron chi connectivity index (χ4n) is 2.96. The van der Waals surface area contributed by atoms with Gasteiger partial charge in [-0.15, -0.1) is 0 Å². The average Bonchev–Trinajstić information content (AvgIpc) is 2.62. The van der Waals surface area contributed by atoms with Gasteiger partial charge in [0.05, 0.1) is 21.8 Å². The highest BCUT2D eigenvalue weighted by molar-refractivity contribution is 7.91. The Balaban J connectivity index is 1.66. The topological polar surface area (TPSA) is 72.9 Å². The van der Waals surface area contributed by atoms with Crippen molar-refractivity contribution >= 4 is 27.5 Å². The molecule has 0 aliphatic carbocycles. The molecule has 1 aromatic carbocycles. The maximum absolute atomic E-state index is 13.2. The molecule has 9 heteroatoms. The van der Waals surface area contributed by atoms with E-state index < -0.39 is 21.3 Å². The van der Waals surface area contributed by atoms with Crippen molar-refractivity contribution in [2.24, 2.45) is 0 Å². The van der Waals surface area contributed by atoms with E-state index in [-0.39, 0.29) is 27.9 Å². The van der Waals surface area contributed by atoms with Gasteiger partial charge in [-0.2, -0.15) is 0 Å². The summed E-state index contributed by atoms with van der Waals surface area (Å²) in [6, 6.07) is 3.43. The zero-order valence-corrected chi connectivity index (χ0v) is 18.7. The Morgan fingerprint density at radius 2 is 1.90 bits per heavy atom. The predicted octanol–water partition coefficient (Wildman–Crippen LogP) is 4.45. The van der Waals surface area contributed by atoms with Crippen molar-refractivity contribution in [1.82, 2.24) is 4.90 Å². The number of carbonyl (C=O) groups is 1. The van der Waals surface area contributed by atoms with Crippen molar-refractivity contribution < 1.29 is 27.1 Å². The molecule has 0 spiro atoms. The third-order valence-corrected chi connectivity index (χ3v) is 6.59. The number of sulfone groups is 1. The third-order valence-electron chi connectivity index (χ3n) is 4.50. The van der Waals surface area contributed by atoms with E-state index in [1.165, 1.54) is 6.07 Å². The fraction of sp³-hybridized carbons (Fsp3) is 0.650. The van der Waals surface area contributed by atoms with Gasteiger partial charge in [0.25, 0.3) is 0 Å². The molecule has 0 radical (unpaired) electrons. The lowest BCUT2D eigenvalue weighted by Crippen LogP contribution is -2.43. The molecular formula is C20H29ClFNO5S. The Morgan fingerprint density at radius 3 is 2.48 bits per heavy atom. The zero-order chi connectivity index (χ0) is 21.7. The summed E-state index contributed by atoms with van der Waals surface area (Å²) in [5.41, 5.74) is -0.510. The average molecular weight is 450 g/mol. The monoisotopic (exact) mass is 449 g/mol. The van der Waals surface area contributed by atoms with E-state index in [1.807, 2.05) is 20.8 Å². The molecule has 0 atom stereocenters. The molecule has 1 saturated heterocycles. The van der Waals surface area contributed by atoms with Gasteiger partial charge in [0.15, 0.2) is 9.84 Å². The summed E-state index contributed by atoms with van der Waals surface area (Å²) < 4.78 is 49.0. The van der Waals surface area contributed by atoms with Crippen LogP contribution < -0.4 is 0 Å². The number of benzene rings is 1. The molecule has 6 nitrogen and oxygen atoms in total. The molecule has 0 unspecified atom stereocenters. The first kappa shape index (κ1) is 23.9. The maximum Gasteiger partial charge on any atom is 0.410 e. The number of ether oxygens (including phenoxy) is 2. The first-order valence-electron chi connectivity index (χ1n) is 9.75. The Labute approximate surface area is 177 Å². The Kier molecular flexibility index (Phi) is 8.31. The second-order valence-corrected chi connectivity index (χ2v) is 10.7. The van der Waals surface area contributed by atoms with E-state index in [9.17, 15) is 17.6 Å². The number of unbranched alkanes of at least 4 members (excludes halogenated alkanes) is 1. The van der Waals surface area contributed by atoms with Crippen molar-refractivity contribution in [3.63, 3.8) is 0 Å². The molecule has 1 heterocycles. The number of likely N-dealkylation sites (tertiary alicyclic amines) is 1. The van der Waals surface area contributed by atoms with Gasteiger partial charge < -0.3 is 14.4 Å². The van der Waals surface area contributed by atoms with E-state index >= 15 is 0 Å². The minimum absolute atomic E-state index is 0.0272. The number of hydrogen-bond donors (Lipinski definition) is 0. The Bertz CT molecular complexity index is 802. The number of nitrogens with zero attached hydrogens (tertiary/aromatic N) is 1. The largest absolute Gasteiger partial charge is 0.444 e. The highest BCUT2D eigenvalue weighted by atomic mass is 35.5. The SMILES string of the molecule is CC(C)(C)OC(=O)N1CCC(OCCCCS(=O)(=O)c2ccc(F)c(Cl)c2)CC1. The van der Waals surface area contributed by atoms with Crippen LogP contribution in [-0.4, -0.2) is 56.6 Å². The fourth-order valence-corrected chi connectivity index (χ4v) is 4.60. The van der Waals surface area contributed by atoms with Crippen LogP contribution in [-0.2, 0) is 19.3 Å². The summed E-state index contributed by atoms with van der Waals surface area (Å²) in [4.78, 5) is 13.8. The van der Waals surface area contributed by atoms with Crippen LogP contribution >= 0.6 is 11.6 Å². The molecule has 164 valence electrons. The van der Waals surface area contributed by atoms with Crippen molar-refractivity contribution in [3.05, 3.63) is 29.0 Å². The van der Waals surface area contributed by atoms with Gasteiger partial charge in [0, 0.05) is 19.7 Å². The predicted molar refractivity (Wildman–Crippen MR) is 109 cm³/mol. The number of carbonyl (C=O) groups excluding carboxylic acids is 1. The standard InChI is InChI=1S/C20H29ClFNO5S/c1-20(2,3)28-19(24)23-10-8-15(9-11-23)27-12-4-5-13-29(25,26)16-6-7-18(22)17(21)14-16/h6-7,14-15H,4-5,8-13H2,1-3H3. The van der Waals surface area contributed by atoms with Gasteiger partial charge >= 0.3 is 6.09 Å². The molecule has 1 fully saturated rings. The van der Waals surface area contributed by atoms with Gasteiger partial charge in [-0.05, 0) is 64.7 Å². The molecule has 1 aliphatic heterocycles. The van der Waals surface area contributed by atoms with Crippen molar-refractivity contribution in [1.29, 1.82) is 0 Å². The zero-order valence-electron chi connectivity index (χ0n) is 17.1. The summed E-state index contributed by atoms with van der Waals surface area (Å²) >= 11 is 5.66. The van der Waals surface area contributed by atoms with Crippen LogP contribution in [0.4, 0.5) is 9.18 Å². The molecule has 0 bridgehead atoms. The van der Waals surface area contributed by atoms with Gasteiger partial charge in [0.2, 0.25) is 0 Å². The summed E-state index contributed by atoms with van der Waals surface area (Å²) in [5, 5.41) is -0.202. The highest BCUT2D eigenvalue weighted by Crippen LogP contribution is 2.21. The highest BCUT2D eigenvalue weighted by Gasteiger charge is 2.27. The lowest BCUT2D eigenvalue weighted by Gasteiger charge is -2.33. The first-order valence-corrected chi connectivity index (χ1v) is 11.8. The van der Waals surface area contributed by atoms with Crippen molar-refractivity contribution in [2.75, 3.05) is 25.4 Å². The molecule has 1 aromatic rings. The van der Waals surface area contributed by atoms with Crippen molar-refractivity contribution in [2.45, 2.75) is 63.1 Å². The summed E-state index contributed by atoms with van der Waals surface area (Å²) in [6.07, 6.45) is 2.24. The van der Waals surface area contributed by atoms with E-state index in [0.29, 0.717) is 32.5 Å². The summed E-state index contributed by atoms with van der Waals surface area (Å²) in [7, 11) is -3.50. The van der Waals surface area contributed by atoms with Crippen LogP contribution in [0.3, 0.4) is 0 Å². The van der Waals surface area contributed by atoms with Gasteiger partial charge in [-0.25, -0.2) is 17.6 Å². The van der Waals surface area contributed by atoms with Crippen LogP contribution in [0.1, 0.15) is 46.5 Å². The Morgan fingerprint density at radius 1 is 1.24 bits per heavy atom. The Hall–Kier alpha value is -1.38. The molecule has 0 aromatic heterocycles. The smallest absolute Gasteiger partial charge is 0.410 e. The molecule has 0 saturated carbocycles. The third kappa shape index (κ3) is 7.75. The molecule has 1 aliphatic rings. The molecule has 2 rings (SSSR count). The second-order valence-electron chi connectivity index (χ2n) is 8.14. The van der Waals surface area contributed by atoms with Gasteiger partial charge in [-0.3, -0.25) is 0 Å². The summed E-state index contributed by atoms with van der Waals surface area (Å²) in [5.74, 6) is -0.688. The van der Waals surface area contributed by atoms with Gasteiger partial charge in [-0.1, -0.05) is 11.6 Å². The van der Waals surface area contributed by atoms with E-state index in [2.05, 4.69) is 0 Å². The van der Waals surface area contributed by atoms with E-state index in [4.69, 9.17) is 21.1 Å². The summed E-state index contributed by atoms with van der Waals surface area (Å²) in [6.45, 7) is 7.14. The minimum Gasteiger partial charge on any atom is -0.444 e. The van der Waals surface area contributed by atoms with Crippen molar-refractivity contribution in [3.8, 4) is 0 Å².